The molecule has 24 heavy (non-hydrogen) atoms. The Morgan fingerprint density at radius 1 is 1.12 bits per heavy atom. The number of rotatable bonds is 7. The Labute approximate surface area is 141 Å². The lowest BCUT2D eigenvalue weighted by atomic mass is 10.1. The molecular formula is C19H22N4O. The number of benzene rings is 2. The van der Waals surface area contributed by atoms with Gasteiger partial charge < -0.3 is 15.8 Å². The predicted octanol–water partition coefficient (Wildman–Crippen LogP) is 3.66. The number of fused-ring (bicyclic) bond motifs is 1. The number of nitrogens with two attached hydrogens (primary N) is 1. The Morgan fingerprint density at radius 2 is 2.00 bits per heavy atom. The zero-order valence-corrected chi connectivity index (χ0v) is 13.8. The third kappa shape index (κ3) is 3.74. The maximum atomic E-state index is 5.88. The average molecular weight is 322 g/mol. The lowest BCUT2D eigenvalue weighted by Gasteiger charge is -2.12. The molecule has 1 heterocycles. The summed E-state index contributed by atoms with van der Waals surface area (Å²) in [5.41, 5.74) is 8.66. The highest BCUT2D eigenvalue weighted by molar-refractivity contribution is 5.91. The smallest absolute Gasteiger partial charge is 0.137 e. The van der Waals surface area contributed by atoms with Gasteiger partial charge in [-0.15, -0.1) is 0 Å². The first-order valence-corrected chi connectivity index (χ1v) is 8.22. The maximum absolute atomic E-state index is 5.88. The highest BCUT2D eigenvalue weighted by Gasteiger charge is 2.06. The number of para-hydroxylation sites is 1. The van der Waals surface area contributed by atoms with E-state index in [1.807, 2.05) is 36.4 Å². The van der Waals surface area contributed by atoms with Crippen molar-refractivity contribution in [3.05, 3.63) is 54.4 Å². The summed E-state index contributed by atoms with van der Waals surface area (Å²) >= 11 is 0. The number of nitrogen functional groups attached to an aromatic ring is 1. The number of aromatic nitrogens is 2. The Hall–Kier alpha value is -2.82. The van der Waals surface area contributed by atoms with Gasteiger partial charge in [-0.05, 0) is 42.7 Å². The van der Waals surface area contributed by atoms with Crippen molar-refractivity contribution >= 4 is 22.4 Å². The van der Waals surface area contributed by atoms with Gasteiger partial charge in [-0.2, -0.15) is 0 Å². The molecule has 5 nitrogen and oxygen atoms in total. The minimum Gasteiger partial charge on any atom is -0.493 e. The second-order valence-corrected chi connectivity index (χ2v) is 5.63. The molecule has 0 bridgehead atoms. The molecule has 124 valence electrons. The van der Waals surface area contributed by atoms with Crippen LogP contribution >= 0.6 is 0 Å². The third-order valence-corrected chi connectivity index (χ3v) is 3.78. The maximum Gasteiger partial charge on any atom is 0.137 e. The number of anilines is 2. The Morgan fingerprint density at radius 3 is 2.88 bits per heavy atom. The molecule has 0 aliphatic heterocycles. The molecular weight excluding hydrogens is 300 g/mol. The first-order valence-electron chi connectivity index (χ1n) is 8.22. The number of hydrogen-bond acceptors (Lipinski definition) is 5. The van der Waals surface area contributed by atoms with E-state index in [-0.39, 0.29) is 0 Å². The fraction of sp³-hybridized carbons (Fsp3) is 0.263. The molecule has 3 aromatic rings. The molecule has 0 aliphatic rings. The van der Waals surface area contributed by atoms with Gasteiger partial charge in [0.25, 0.3) is 0 Å². The van der Waals surface area contributed by atoms with Crippen LogP contribution in [0.5, 0.6) is 5.75 Å². The van der Waals surface area contributed by atoms with Crippen LogP contribution in [-0.4, -0.2) is 23.1 Å². The third-order valence-electron chi connectivity index (χ3n) is 3.78. The van der Waals surface area contributed by atoms with Gasteiger partial charge in [0.05, 0.1) is 12.1 Å². The average Bonchev–Trinajstić information content (AvgIpc) is 2.61. The van der Waals surface area contributed by atoms with Crippen molar-refractivity contribution in [1.82, 2.24) is 9.97 Å². The van der Waals surface area contributed by atoms with Crippen molar-refractivity contribution in [2.24, 2.45) is 0 Å². The molecule has 0 saturated heterocycles. The summed E-state index contributed by atoms with van der Waals surface area (Å²) in [7, 11) is 0. The summed E-state index contributed by atoms with van der Waals surface area (Å²) in [6.45, 7) is 3.60. The van der Waals surface area contributed by atoms with Crippen LogP contribution in [0.25, 0.3) is 10.9 Å². The highest BCUT2D eigenvalue weighted by Crippen LogP contribution is 2.22. The number of nitrogens with one attached hydrogen (secondary N) is 1. The van der Waals surface area contributed by atoms with Crippen molar-refractivity contribution in [2.75, 3.05) is 24.2 Å². The van der Waals surface area contributed by atoms with Gasteiger partial charge in [0.15, 0.2) is 0 Å². The molecule has 0 saturated carbocycles. The van der Waals surface area contributed by atoms with E-state index in [9.17, 15) is 0 Å². The molecule has 0 spiro atoms. The van der Waals surface area contributed by atoms with Gasteiger partial charge in [0, 0.05) is 17.6 Å². The molecule has 0 radical (unpaired) electrons. The van der Waals surface area contributed by atoms with Crippen LogP contribution in [0.4, 0.5) is 11.5 Å². The van der Waals surface area contributed by atoms with Gasteiger partial charge in [-0.1, -0.05) is 25.1 Å². The van der Waals surface area contributed by atoms with Crippen molar-refractivity contribution < 1.29 is 4.74 Å². The molecule has 0 fully saturated rings. The van der Waals surface area contributed by atoms with Crippen LogP contribution in [0.1, 0.15) is 18.9 Å². The highest BCUT2D eigenvalue weighted by atomic mass is 16.5. The molecule has 3 rings (SSSR count). The van der Waals surface area contributed by atoms with E-state index in [4.69, 9.17) is 10.5 Å². The van der Waals surface area contributed by atoms with E-state index in [1.165, 1.54) is 5.56 Å². The molecule has 2 aromatic carbocycles. The summed E-state index contributed by atoms with van der Waals surface area (Å²) in [4.78, 5) is 8.61. The molecule has 1 aromatic heterocycles. The van der Waals surface area contributed by atoms with Gasteiger partial charge >= 0.3 is 0 Å². The standard InChI is InChI=1S/C19H22N4O/c1-2-11-24-18-6-4-3-5-14(18)9-10-21-19-16-12-15(20)7-8-17(16)22-13-23-19/h3-8,12-13H,2,9-11,20H2,1H3,(H,21,22,23). The Balaban J connectivity index is 1.70. The van der Waals surface area contributed by atoms with Gasteiger partial charge in [0.2, 0.25) is 0 Å². The first-order chi connectivity index (χ1) is 11.8. The molecule has 5 heteroatoms. The lowest BCUT2D eigenvalue weighted by molar-refractivity contribution is 0.314. The van der Waals surface area contributed by atoms with Crippen molar-refractivity contribution in [3.8, 4) is 5.75 Å². The van der Waals surface area contributed by atoms with Crippen molar-refractivity contribution in [3.63, 3.8) is 0 Å². The second-order valence-electron chi connectivity index (χ2n) is 5.63. The zero-order valence-electron chi connectivity index (χ0n) is 13.8. The Bertz CT molecular complexity index is 819. The topological polar surface area (TPSA) is 73.1 Å². The van der Waals surface area contributed by atoms with Crippen LogP contribution in [0.3, 0.4) is 0 Å². The summed E-state index contributed by atoms with van der Waals surface area (Å²) in [6, 6.07) is 13.8. The molecule has 0 unspecified atom stereocenters. The number of nitrogens with zero attached hydrogens (tertiary/aromatic N) is 2. The van der Waals surface area contributed by atoms with Gasteiger partial charge in [-0.3, -0.25) is 0 Å². The van der Waals surface area contributed by atoms with Gasteiger partial charge in [-0.25, -0.2) is 9.97 Å². The van der Waals surface area contributed by atoms with Crippen LogP contribution in [0.15, 0.2) is 48.8 Å². The fourth-order valence-corrected chi connectivity index (χ4v) is 2.59. The minimum absolute atomic E-state index is 0.707. The fourth-order valence-electron chi connectivity index (χ4n) is 2.59. The lowest BCUT2D eigenvalue weighted by Crippen LogP contribution is -2.08. The number of hydrogen-bond donors (Lipinski definition) is 2. The molecule has 0 amide bonds. The van der Waals surface area contributed by atoms with E-state index in [0.717, 1.165) is 48.5 Å². The van der Waals surface area contributed by atoms with E-state index < -0.39 is 0 Å². The quantitative estimate of drug-likeness (QED) is 0.650. The number of ether oxygens (including phenoxy) is 1. The van der Waals surface area contributed by atoms with Crippen LogP contribution < -0.4 is 15.8 Å². The largest absolute Gasteiger partial charge is 0.493 e. The second kappa shape index (κ2) is 7.64. The monoisotopic (exact) mass is 322 g/mol. The SMILES string of the molecule is CCCOc1ccccc1CCNc1ncnc2ccc(N)cc12. The van der Waals surface area contributed by atoms with Crippen molar-refractivity contribution in [2.45, 2.75) is 19.8 Å². The van der Waals surface area contributed by atoms with E-state index in [0.29, 0.717) is 5.69 Å². The molecule has 0 atom stereocenters. The zero-order chi connectivity index (χ0) is 16.8. The summed E-state index contributed by atoms with van der Waals surface area (Å²) < 4.78 is 5.81. The minimum atomic E-state index is 0.707. The van der Waals surface area contributed by atoms with Crippen molar-refractivity contribution in [1.29, 1.82) is 0 Å². The molecule has 3 N–H and O–H groups in total. The Kier molecular flexibility index (Phi) is 5.11. The summed E-state index contributed by atoms with van der Waals surface area (Å²) in [6.07, 6.45) is 3.42. The van der Waals surface area contributed by atoms with E-state index in [2.05, 4.69) is 28.3 Å². The van der Waals surface area contributed by atoms with E-state index >= 15 is 0 Å². The summed E-state index contributed by atoms with van der Waals surface area (Å²) in [5, 5.41) is 4.32. The van der Waals surface area contributed by atoms with Crippen LogP contribution in [0, 0.1) is 0 Å². The van der Waals surface area contributed by atoms with Crippen LogP contribution in [-0.2, 0) is 6.42 Å². The molecule has 0 aliphatic carbocycles. The van der Waals surface area contributed by atoms with Gasteiger partial charge in [0.1, 0.15) is 17.9 Å². The normalized spacial score (nSPS) is 10.7. The predicted molar refractivity (Wildman–Crippen MR) is 98.4 cm³/mol. The van der Waals surface area contributed by atoms with E-state index in [1.54, 1.807) is 6.33 Å². The van der Waals surface area contributed by atoms with Crippen LogP contribution in [0.2, 0.25) is 0 Å². The summed E-state index contributed by atoms with van der Waals surface area (Å²) in [5.74, 6) is 1.76. The first kappa shape index (κ1) is 16.1.